The number of fused-ring (bicyclic) bond motifs is 1. The maximum absolute atomic E-state index is 11.5. The SMILES string of the molecule is COC(=O)CC1CCC(c2ccc(-c3ccc(-c4nc5cc(C#N)ccc5[nH]4)cc3)cc2)CC1. The number of aromatic nitrogens is 2. The van der Waals surface area contributed by atoms with Crippen molar-refractivity contribution in [3.8, 4) is 28.6 Å². The molecule has 1 N–H and O–H groups in total. The second kappa shape index (κ2) is 9.52. The van der Waals surface area contributed by atoms with Gasteiger partial charge in [0, 0.05) is 12.0 Å². The van der Waals surface area contributed by atoms with Crippen LogP contribution in [0.25, 0.3) is 33.5 Å². The molecule has 4 aromatic rings. The molecule has 1 aliphatic carbocycles. The molecule has 1 aliphatic rings. The first-order valence-corrected chi connectivity index (χ1v) is 11.8. The van der Waals surface area contributed by atoms with Crippen LogP contribution >= 0.6 is 0 Å². The Morgan fingerprint density at radius 1 is 0.971 bits per heavy atom. The fraction of sp³-hybridized carbons (Fsp3) is 0.276. The molecule has 0 bridgehead atoms. The number of rotatable bonds is 5. The fourth-order valence-corrected chi connectivity index (χ4v) is 5.00. The van der Waals surface area contributed by atoms with Crippen molar-refractivity contribution in [2.45, 2.75) is 38.0 Å². The van der Waals surface area contributed by atoms with Gasteiger partial charge in [0.15, 0.2) is 0 Å². The van der Waals surface area contributed by atoms with E-state index in [0.717, 1.165) is 48.1 Å². The van der Waals surface area contributed by atoms with E-state index in [0.29, 0.717) is 23.8 Å². The van der Waals surface area contributed by atoms with E-state index in [2.05, 4.69) is 64.6 Å². The molecule has 0 saturated heterocycles. The van der Waals surface area contributed by atoms with Crippen LogP contribution in [0, 0.1) is 17.2 Å². The minimum absolute atomic E-state index is 0.0905. The van der Waals surface area contributed by atoms with E-state index in [1.165, 1.54) is 23.8 Å². The van der Waals surface area contributed by atoms with Crippen LogP contribution in [-0.2, 0) is 9.53 Å². The zero-order chi connectivity index (χ0) is 23.5. The number of carbonyl (C=O) groups is 1. The molecule has 0 radical (unpaired) electrons. The van der Waals surface area contributed by atoms with E-state index in [4.69, 9.17) is 10.00 Å². The molecule has 34 heavy (non-hydrogen) atoms. The van der Waals surface area contributed by atoms with Gasteiger partial charge in [-0.05, 0) is 72.4 Å². The quantitative estimate of drug-likeness (QED) is 0.348. The zero-order valence-corrected chi connectivity index (χ0v) is 19.3. The Balaban J connectivity index is 1.26. The lowest BCUT2D eigenvalue weighted by Gasteiger charge is -2.28. The number of nitriles is 1. The van der Waals surface area contributed by atoms with Crippen LogP contribution in [0.5, 0.6) is 0 Å². The molecule has 0 aliphatic heterocycles. The number of H-pyrrole nitrogens is 1. The second-order valence-corrected chi connectivity index (χ2v) is 9.13. The van der Waals surface area contributed by atoms with Gasteiger partial charge in [-0.2, -0.15) is 5.26 Å². The van der Waals surface area contributed by atoms with Gasteiger partial charge in [-0.3, -0.25) is 4.79 Å². The third-order valence-electron chi connectivity index (χ3n) is 7.02. The van der Waals surface area contributed by atoms with Gasteiger partial charge in [-0.15, -0.1) is 0 Å². The van der Waals surface area contributed by atoms with Gasteiger partial charge >= 0.3 is 5.97 Å². The van der Waals surface area contributed by atoms with Crippen LogP contribution < -0.4 is 0 Å². The van der Waals surface area contributed by atoms with Crippen LogP contribution in [-0.4, -0.2) is 23.0 Å². The van der Waals surface area contributed by atoms with Gasteiger partial charge in [0.05, 0.1) is 29.8 Å². The highest BCUT2D eigenvalue weighted by atomic mass is 16.5. The highest BCUT2D eigenvalue weighted by Crippen LogP contribution is 2.38. The van der Waals surface area contributed by atoms with Crippen molar-refractivity contribution in [1.82, 2.24) is 9.97 Å². The highest BCUT2D eigenvalue weighted by molar-refractivity contribution is 5.81. The summed E-state index contributed by atoms with van der Waals surface area (Å²) in [5.74, 6) is 1.74. The molecule has 1 fully saturated rings. The number of hydrogen-bond donors (Lipinski definition) is 1. The number of imidazole rings is 1. The third-order valence-corrected chi connectivity index (χ3v) is 7.02. The molecule has 1 aromatic heterocycles. The lowest BCUT2D eigenvalue weighted by Crippen LogP contribution is -2.17. The average Bonchev–Trinajstić information content (AvgIpc) is 3.33. The predicted octanol–water partition coefficient (Wildman–Crippen LogP) is 6.61. The van der Waals surface area contributed by atoms with Gasteiger partial charge in [0.2, 0.25) is 0 Å². The summed E-state index contributed by atoms with van der Waals surface area (Å²) in [5, 5.41) is 9.09. The largest absolute Gasteiger partial charge is 0.469 e. The molecule has 1 saturated carbocycles. The van der Waals surface area contributed by atoms with Crippen LogP contribution in [0.2, 0.25) is 0 Å². The topological polar surface area (TPSA) is 78.8 Å². The Labute approximate surface area is 199 Å². The number of nitrogens with one attached hydrogen (secondary N) is 1. The lowest BCUT2D eigenvalue weighted by molar-refractivity contribution is -0.142. The maximum atomic E-state index is 11.5. The molecule has 5 nitrogen and oxygen atoms in total. The van der Waals surface area contributed by atoms with Crippen molar-refractivity contribution < 1.29 is 9.53 Å². The first-order valence-electron chi connectivity index (χ1n) is 11.8. The first-order chi connectivity index (χ1) is 16.6. The van der Waals surface area contributed by atoms with Gasteiger partial charge in [-0.1, -0.05) is 48.5 Å². The molecule has 5 heteroatoms. The van der Waals surface area contributed by atoms with Crippen molar-refractivity contribution in [3.63, 3.8) is 0 Å². The summed E-state index contributed by atoms with van der Waals surface area (Å²) in [7, 11) is 1.47. The van der Waals surface area contributed by atoms with Gasteiger partial charge < -0.3 is 9.72 Å². The Morgan fingerprint density at radius 2 is 1.62 bits per heavy atom. The smallest absolute Gasteiger partial charge is 0.305 e. The highest BCUT2D eigenvalue weighted by Gasteiger charge is 2.24. The van der Waals surface area contributed by atoms with Crippen molar-refractivity contribution in [1.29, 1.82) is 5.26 Å². The summed E-state index contributed by atoms with van der Waals surface area (Å²) in [6.45, 7) is 0. The number of aromatic amines is 1. The van der Waals surface area contributed by atoms with Crippen molar-refractivity contribution in [2.75, 3.05) is 7.11 Å². The number of benzene rings is 3. The van der Waals surface area contributed by atoms with E-state index in [1.807, 2.05) is 6.07 Å². The second-order valence-electron chi connectivity index (χ2n) is 9.13. The van der Waals surface area contributed by atoms with Crippen LogP contribution in [0.1, 0.15) is 49.1 Å². The van der Waals surface area contributed by atoms with E-state index in [9.17, 15) is 4.79 Å². The number of carbonyl (C=O) groups excluding carboxylic acids is 1. The summed E-state index contributed by atoms with van der Waals surface area (Å²) >= 11 is 0. The summed E-state index contributed by atoms with van der Waals surface area (Å²) in [4.78, 5) is 19.5. The maximum Gasteiger partial charge on any atom is 0.305 e. The Kier molecular flexibility index (Phi) is 6.14. The van der Waals surface area contributed by atoms with Crippen molar-refractivity contribution >= 4 is 17.0 Å². The normalized spacial score (nSPS) is 17.9. The molecule has 0 amide bonds. The number of hydrogen-bond acceptors (Lipinski definition) is 4. The summed E-state index contributed by atoms with van der Waals surface area (Å²) in [6, 6.07) is 25.0. The van der Waals surface area contributed by atoms with Crippen LogP contribution in [0.15, 0.2) is 66.7 Å². The fourth-order valence-electron chi connectivity index (χ4n) is 5.00. The van der Waals surface area contributed by atoms with Crippen molar-refractivity contribution in [3.05, 3.63) is 77.9 Å². The molecule has 5 rings (SSSR count). The standard InChI is InChI=1S/C29H27N3O2/c1-34-28(33)17-19-2-5-21(6-3-19)22-7-9-23(10-8-22)24-11-13-25(14-12-24)29-31-26-15-4-20(18-30)16-27(26)32-29/h4,7-16,19,21H,2-3,5-6,17H2,1H3,(H,31,32). The number of nitrogens with zero attached hydrogens (tertiary/aromatic N) is 2. The van der Waals surface area contributed by atoms with Crippen LogP contribution in [0.3, 0.4) is 0 Å². The van der Waals surface area contributed by atoms with Gasteiger partial charge in [0.1, 0.15) is 5.82 Å². The van der Waals surface area contributed by atoms with Crippen molar-refractivity contribution in [2.24, 2.45) is 5.92 Å². The minimum atomic E-state index is -0.0905. The van der Waals surface area contributed by atoms with Gasteiger partial charge in [-0.25, -0.2) is 4.98 Å². The Morgan fingerprint density at radius 3 is 2.26 bits per heavy atom. The zero-order valence-electron chi connectivity index (χ0n) is 19.3. The molecule has 170 valence electrons. The molecule has 0 unspecified atom stereocenters. The molecular formula is C29H27N3O2. The Hall–Kier alpha value is -3.91. The summed E-state index contributed by atoms with van der Waals surface area (Å²) < 4.78 is 4.82. The molecular weight excluding hydrogens is 422 g/mol. The lowest BCUT2D eigenvalue weighted by atomic mass is 9.77. The average molecular weight is 450 g/mol. The first kappa shape index (κ1) is 21.9. The van der Waals surface area contributed by atoms with Gasteiger partial charge in [0.25, 0.3) is 0 Å². The third kappa shape index (κ3) is 4.58. The Bertz CT molecular complexity index is 1340. The van der Waals surface area contributed by atoms with Crippen LogP contribution in [0.4, 0.5) is 0 Å². The molecule has 0 atom stereocenters. The van der Waals surface area contributed by atoms with E-state index >= 15 is 0 Å². The van der Waals surface area contributed by atoms with E-state index < -0.39 is 0 Å². The number of methoxy groups -OCH3 is 1. The summed E-state index contributed by atoms with van der Waals surface area (Å²) in [6.07, 6.45) is 4.98. The monoisotopic (exact) mass is 449 g/mol. The number of ether oxygens (including phenoxy) is 1. The number of esters is 1. The molecule has 1 heterocycles. The minimum Gasteiger partial charge on any atom is -0.469 e. The molecule has 3 aromatic carbocycles. The van der Waals surface area contributed by atoms with E-state index in [1.54, 1.807) is 12.1 Å². The predicted molar refractivity (Wildman–Crippen MR) is 133 cm³/mol. The molecule has 0 spiro atoms. The summed E-state index contributed by atoms with van der Waals surface area (Å²) in [5.41, 5.74) is 7.09. The van der Waals surface area contributed by atoms with E-state index in [-0.39, 0.29) is 5.97 Å².